The largest absolute Gasteiger partial charge is 0.458 e. The van der Waals surface area contributed by atoms with Crippen LogP contribution < -0.4 is 5.32 Å². The molecule has 1 heterocycles. The zero-order chi connectivity index (χ0) is 11.3. The number of nitrogens with one attached hydrogen (secondary N) is 1. The summed E-state index contributed by atoms with van der Waals surface area (Å²) in [6, 6.07) is 0.498. The molecule has 0 amide bonds. The number of ether oxygens (including phenoxy) is 2. The monoisotopic (exact) mass is 213 g/mol. The molecule has 2 rings (SSSR count). The first-order chi connectivity index (χ1) is 6.86. The van der Waals surface area contributed by atoms with Gasteiger partial charge in [-0.05, 0) is 40.7 Å². The predicted molar refractivity (Wildman–Crippen MR) is 55.5 cm³/mol. The second-order valence-electron chi connectivity index (χ2n) is 5.49. The molecule has 1 aliphatic carbocycles. The quantitative estimate of drug-likeness (QED) is 0.545. The first kappa shape index (κ1) is 10.9. The van der Waals surface area contributed by atoms with Gasteiger partial charge in [-0.3, -0.25) is 0 Å². The number of esters is 1. The van der Waals surface area contributed by atoms with E-state index in [1.54, 1.807) is 0 Å². The summed E-state index contributed by atoms with van der Waals surface area (Å²) in [5, 5.41) is 3.17. The molecule has 4 heteroatoms. The molecule has 0 bridgehead atoms. The van der Waals surface area contributed by atoms with Crippen LogP contribution >= 0.6 is 0 Å². The van der Waals surface area contributed by atoms with Gasteiger partial charge in [0.05, 0.1) is 0 Å². The van der Waals surface area contributed by atoms with Crippen LogP contribution in [-0.4, -0.2) is 36.4 Å². The van der Waals surface area contributed by atoms with E-state index in [0.717, 1.165) is 12.8 Å². The molecule has 1 unspecified atom stereocenters. The second-order valence-corrected chi connectivity index (χ2v) is 5.49. The lowest BCUT2D eigenvalue weighted by Crippen LogP contribution is -2.47. The number of epoxide rings is 1. The smallest absolute Gasteiger partial charge is 0.338 e. The van der Waals surface area contributed by atoms with Crippen molar-refractivity contribution in [3.8, 4) is 0 Å². The van der Waals surface area contributed by atoms with Crippen LogP contribution in [0.25, 0.3) is 0 Å². The van der Waals surface area contributed by atoms with E-state index in [9.17, 15) is 4.79 Å². The highest BCUT2D eigenvalue weighted by Crippen LogP contribution is 2.52. The lowest BCUT2D eigenvalue weighted by atomic mass is 9.77. The van der Waals surface area contributed by atoms with Crippen molar-refractivity contribution in [2.24, 2.45) is 0 Å². The van der Waals surface area contributed by atoms with Crippen molar-refractivity contribution >= 4 is 5.97 Å². The molecule has 0 radical (unpaired) electrons. The summed E-state index contributed by atoms with van der Waals surface area (Å²) in [6.07, 6.45) is 1.53. The van der Waals surface area contributed by atoms with E-state index in [1.165, 1.54) is 0 Å². The summed E-state index contributed by atoms with van der Waals surface area (Å²) in [4.78, 5) is 11.7. The molecule has 0 aromatic carbocycles. The van der Waals surface area contributed by atoms with E-state index < -0.39 is 5.60 Å². The van der Waals surface area contributed by atoms with Crippen molar-refractivity contribution in [1.29, 1.82) is 0 Å². The maximum Gasteiger partial charge on any atom is 0.338 e. The topological polar surface area (TPSA) is 50.9 Å². The molecular weight excluding hydrogens is 194 g/mol. The lowest BCUT2D eigenvalue weighted by Gasteiger charge is -2.33. The Morgan fingerprint density at radius 1 is 1.47 bits per heavy atom. The van der Waals surface area contributed by atoms with Crippen molar-refractivity contribution in [3.63, 3.8) is 0 Å². The van der Waals surface area contributed by atoms with Crippen molar-refractivity contribution in [2.75, 3.05) is 7.05 Å². The molecular formula is C11H19NO3. The Balaban J connectivity index is 1.82. The number of hydrogen-bond donors (Lipinski definition) is 1. The van der Waals surface area contributed by atoms with Gasteiger partial charge >= 0.3 is 5.97 Å². The van der Waals surface area contributed by atoms with Crippen molar-refractivity contribution in [3.05, 3.63) is 0 Å². The summed E-state index contributed by atoms with van der Waals surface area (Å²) in [6.45, 7) is 5.62. The fraction of sp³-hybridized carbons (Fsp3) is 0.909. The third-order valence-corrected chi connectivity index (χ3v) is 2.99. The number of hydrogen-bond acceptors (Lipinski definition) is 4. The minimum Gasteiger partial charge on any atom is -0.458 e. The van der Waals surface area contributed by atoms with Crippen molar-refractivity contribution < 1.29 is 14.3 Å². The standard InChI is InChI=1S/C11H19NO3/c1-10(2,3)15-9(13)8-11(14-8)5-7(6-11)12-4/h7-8,12H,5-6H2,1-4H3. The SMILES string of the molecule is CNC1CC2(C1)OC2C(=O)OC(C)(C)C. The van der Waals surface area contributed by atoms with Gasteiger partial charge in [-0.15, -0.1) is 0 Å². The molecule has 86 valence electrons. The Labute approximate surface area is 90.3 Å². The fourth-order valence-corrected chi connectivity index (χ4v) is 2.11. The Kier molecular flexibility index (Phi) is 2.32. The van der Waals surface area contributed by atoms with Gasteiger partial charge in [0.1, 0.15) is 11.2 Å². The zero-order valence-corrected chi connectivity index (χ0v) is 9.79. The average Bonchev–Trinajstić information content (AvgIpc) is 2.72. The van der Waals surface area contributed by atoms with E-state index in [1.807, 2.05) is 27.8 Å². The van der Waals surface area contributed by atoms with Crippen LogP contribution in [0.5, 0.6) is 0 Å². The van der Waals surface area contributed by atoms with Gasteiger partial charge in [0.2, 0.25) is 0 Å². The minimum absolute atomic E-state index is 0.185. The van der Waals surface area contributed by atoms with E-state index in [2.05, 4.69) is 5.32 Å². The lowest BCUT2D eigenvalue weighted by molar-refractivity contribution is -0.156. The molecule has 1 spiro atoms. The Hall–Kier alpha value is -0.610. The van der Waals surface area contributed by atoms with Crippen LogP contribution in [0, 0.1) is 0 Å². The third kappa shape index (κ3) is 2.01. The highest BCUT2D eigenvalue weighted by Gasteiger charge is 2.68. The molecule has 0 aromatic heterocycles. The predicted octanol–water partition coefficient (Wildman–Crippen LogP) is 0.847. The molecule has 15 heavy (non-hydrogen) atoms. The van der Waals surface area contributed by atoms with Crippen LogP contribution in [0.4, 0.5) is 0 Å². The average molecular weight is 213 g/mol. The fourth-order valence-electron chi connectivity index (χ4n) is 2.11. The van der Waals surface area contributed by atoms with Crippen LogP contribution in [0.2, 0.25) is 0 Å². The molecule has 4 nitrogen and oxygen atoms in total. The van der Waals surface area contributed by atoms with Gasteiger partial charge in [0.15, 0.2) is 6.10 Å². The first-order valence-corrected chi connectivity index (χ1v) is 5.44. The summed E-state index contributed by atoms with van der Waals surface area (Å²) < 4.78 is 10.7. The Morgan fingerprint density at radius 2 is 2.07 bits per heavy atom. The normalized spacial score (nSPS) is 38.7. The number of carbonyl (C=O) groups excluding carboxylic acids is 1. The summed E-state index contributed by atoms with van der Waals surface area (Å²) >= 11 is 0. The van der Waals surface area contributed by atoms with E-state index >= 15 is 0 Å². The summed E-state index contributed by atoms with van der Waals surface area (Å²) in [5.74, 6) is -0.211. The van der Waals surface area contributed by atoms with E-state index in [-0.39, 0.29) is 17.7 Å². The Bertz CT molecular complexity index is 276. The highest BCUT2D eigenvalue weighted by atomic mass is 16.7. The van der Waals surface area contributed by atoms with Crippen LogP contribution in [0.3, 0.4) is 0 Å². The Morgan fingerprint density at radius 3 is 2.53 bits per heavy atom. The maximum atomic E-state index is 11.7. The van der Waals surface area contributed by atoms with Crippen molar-refractivity contribution in [1.82, 2.24) is 5.32 Å². The molecule has 1 saturated heterocycles. The van der Waals surface area contributed by atoms with Crippen molar-refractivity contribution in [2.45, 2.75) is 57.0 Å². The van der Waals surface area contributed by atoms with Crippen LogP contribution in [-0.2, 0) is 14.3 Å². The molecule has 2 aliphatic rings. The second kappa shape index (κ2) is 3.19. The van der Waals surface area contributed by atoms with Gasteiger partial charge in [0, 0.05) is 6.04 Å². The van der Waals surface area contributed by atoms with E-state index in [0.29, 0.717) is 6.04 Å². The summed E-state index contributed by atoms with van der Waals surface area (Å²) in [7, 11) is 1.93. The molecule has 2 fully saturated rings. The minimum atomic E-state index is -0.420. The van der Waals surface area contributed by atoms with Gasteiger partial charge < -0.3 is 14.8 Å². The van der Waals surface area contributed by atoms with Gasteiger partial charge in [-0.25, -0.2) is 4.79 Å². The molecule has 1 aliphatic heterocycles. The van der Waals surface area contributed by atoms with E-state index in [4.69, 9.17) is 9.47 Å². The summed E-state index contributed by atoms with van der Waals surface area (Å²) in [5.41, 5.74) is -0.605. The van der Waals surface area contributed by atoms with Gasteiger partial charge in [0.25, 0.3) is 0 Å². The molecule has 0 aromatic rings. The van der Waals surface area contributed by atoms with Crippen LogP contribution in [0.15, 0.2) is 0 Å². The molecule has 1 N–H and O–H groups in total. The zero-order valence-electron chi connectivity index (χ0n) is 9.79. The van der Waals surface area contributed by atoms with Crippen LogP contribution in [0.1, 0.15) is 33.6 Å². The third-order valence-electron chi connectivity index (χ3n) is 2.99. The first-order valence-electron chi connectivity index (χ1n) is 5.44. The van der Waals surface area contributed by atoms with Gasteiger partial charge in [-0.2, -0.15) is 0 Å². The maximum absolute atomic E-state index is 11.7. The molecule has 1 atom stereocenters. The number of carbonyl (C=O) groups is 1. The number of rotatable bonds is 2. The highest BCUT2D eigenvalue weighted by molar-refractivity contribution is 5.80. The molecule has 1 saturated carbocycles. The van der Waals surface area contributed by atoms with Gasteiger partial charge in [-0.1, -0.05) is 0 Å².